The average Bonchev–Trinajstić information content (AvgIpc) is 2.72. The van der Waals surface area contributed by atoms with Gasteiger partial charge in [-0.25, -0.2) is 14.2 Å². The number of halogens is 1. The molecular weight excluding hydrogens is 363 g/mol. The number of carbonyl (C=O) groups excluding carboxylic acids is 1. The molecule has 1 aromatic heterocycles. The molecule has 0 aliphatic carbocycles. The number of carbonyl (C=O) groups is 1. The van der Waals surface area contributed by atoms with Gasteiger partial charge in [-0.1, -0.05) is 30.3 Å². The van der Waals surface area contributed by atoms with Crippen LogP contribution < -0.4 is 4.74 Å². The fourth-order valence-electron chi connectivity index (χ4n) is 2.87. The van der Waals surface area contributed by atoms with Crippen molar-refractivity contribution in [2.45, 2.75) is 26.4 Å². The van der Waals surface area contributed by atoms with E-state index in [9.17, 15) is 9.18 Å². The molecule has 0 saturated carbocycles. The highest BCUT2D eigenvalue weighted by atomic mass is 19.1. The Morgan fingerprint density at radius 3 is 2.79 bits per heavy atom. The van der Waals surface area contributed by atoms with E-state index in [0.29, 0.717) is 22.6 Å². The van der Waals surface area contributed by atoms with Crippen LogP contribution in [0.5, 0.6) is 5.75 Å². The topological polar surface area (TPSA) is 70.5 Å². The summed E-state index contributed by atoms with van der Waals surface area (Å²) in [4.78, 5) is 20.2. The maximum atomic E-state index is 14.0. The van der Waals surface area contributed by atoms with Crippen molar-refractivity contribution in [3.8, 4) is 5.75 Å². The first-order valence-electron chi connectivity index (χ1n) is 8.70. The molecule has 0 bridgehead atoms. The molecule has 1 aliphatic heterocycles. The number of aromatic nitrogens is 2. The van der Waals surface area contributed by atoms with Gasteiger partial charge < -0.3 is 14.2 Å². The van der Waals surface area contributed by atoms with Gasteiger partial charge in [0, 0.05) is 22.9 Å². The second-order valence-electron chi connectivity index (χ2n) is 6.34. The second kappa shape index (κ2) is 7.74. The molecule has 28 heavy (non-hydrogen) atoms. The normalized spacial score (nSPS) is 15.4. The molecule has 7 heteroatoms. The van der Waals surface area contributed by atoms with Gasteiger partial charge in [0.15, 0.2) is 5.69 Å². The number of fused-ring (bicyclic) bond motifs is 1. The van der Waals surface area contributed by atoms with Crippen LogP contribution in [-0.4, -0.2) is 15.9 Å². The van der Waals surface area contributed by atoms with Gasteiger partial charge in [0.05, 0.1) is 18.5 Å². The zero-order valence-electron chi connectivity index (χ0n) is 15.1. The second-order valence-corrected chi connectivity index (χ2v) is 6.34. The zero-order chi connectivity index (χ0) is 19.5. The Bertz CT molecular complexity index is 993. The van der Waals surface area contributed by atoms with Crippen molar-refractivity contribution in [1.29, 1.82) is 0 Å². The highest BCUT2D eigenvalue weighted by Gasteiger charge is 2.25. The quantitative estimate of drug-likeness (QED) is 0.640. The Labute approximate surface area is 160 Å². The first-order chi connectivity index (χ1) is 13.6. The van der Waals surface area contributed by atoms with Gasteiger partial charge in [-0.05, 0) is 19.1 Å². The number of ether oxygens (including phenoxy) is 3. The summed E-state index contributed by atoms with van der Waals surface area (Å²) >= 11 is 0. The minimum Gasteiger partial charge on any atom is -0.460 e. The molecule has 0 radical (unpaired) electrons. The predicted molar refractivity (Wildman–Crippen MR) is 96.9 cm³/mol. The molecule has 3 aromatic rings. The van der Waals surface area contributed by atoms with E-state index in [2.05, 4.69) is 9.97 Å². The van der Waals surface area contributed by atoms with Crippen LogP contribution in [0.15, 0.2) is 54.9 Å². The Morgan fingerprint density at radius 2 is 2.04 bits per heavy atom. The number of rotatable bonds is 4. The molecule has 0 N–H and O–H groups in total. The monoisotopic (exact) mass is 380 g/mol. The Morgan fingerprint density at radius 1 is 1.21 bits per heavy atom. The molecule has 4 rings (SSSR count). The summed E-state index contributed by atoms with van der Waals surface area (Å²) in [5, 5.41) is 0. The van der Waals surface area contributed by atoms with Crippen LogP contribution in [0.2, 0.25) is 0 Å². The number of benzene rings is 2. The number of aryl methyl sites for hydroxylation is 1. The summed E-state index contributed by atoms with van der Waals surface area (Å²) < 4.78 is 30.9. The smallest absolute Gasteiger partial charge is 0.358 e. The third-order valence-electron chi connectivity index (χ3n) is 4.24. The van der Waals surface area contributed by atoms with E-state index in [1.165, 1.54) is 24.5 Å². The number of nitrogens with zero attached hydrogens (tertiary/aromatic N) is 2. The lowest BCUT2D eigenvalue weighted by Gasteiger charge is -2.28. The maximum Gasteiger partial charge on any atom is 0.358 e. The summed E-state index contributed by atoms with van der Waals surface area (Å²) in [7, 11) is 0. The molecule has 1 atom stereocenters. The van der Waals surface area contributed by atoms with Crippen molar-refractivity contribution in [3.63, 3.8) is 0 Å². The van der Waals surface area contributed by atoms with Gasteiger partial charge in [-0.15, -0.1) is 0 Å². The van der Waals surface area contributed by atoms with Crippen LogP contribution in [0.1, 0.15) is 39.2 Å². The van der Waals surface area contributed by atoms with E-state index in [0.717, 1.165) is 5.56 Å². The van der Waals surface area contributed by atoms with Gasteiger partial charge in [0.25, 0.3) is 0 Å². The van der Waals surface area contributed by atoms with Crippen molar-refractivity contribution in [1.82, 2.24) is 9.97 Å². The largest absolute Gasteiger partial charge is 0.460 e. The fourth-order valence-corrected chi connectivity index (χ4v) is 2.87. The van der Waals surface area contributed by atoms with Crippen LogP contribution in [0.3, 0.4) is 0 Å². The first-order valence-corrected chi connectivity index (χ1v) is 8.70. The van der Waals surface area contributed by atoms with E-state index in [1.54, 1.807) is 6.92 Å². The number of hydrogen-bond acceptors (Lipinski definition) is 6. The fraction of sp³-hybridized carbons (Fsp3) is 0.190. The molecule has 142 valence electrons. The molecule has 0 unspecified atom stereocenters. The van der Waals surface area contributed by atoms with Crippen molar-refractivity contribution in [2.24, 2.45) is 0 Å². The summed E-state index contributed by atoms with van der Waals surface area (Å²) in [6.45, 7) is 1.80. The molecule has 0 fully saturated rings. The van der Waals surface area contributed by atoms with Gasteiger partial charge in [0.1, 0.15) is 18.2 Å². The summed E-state index contributed by atoms with van der Waals surface area (Å²) in [5.74, 6) is -0.633. The van der Waals surface area contributed by atoms with Crippen LogP contribution in [0.4, 0.5) is 4.39 Å². The van der Waals surface area contributed by atoms with Crippen molar-refractivity contribution < 1.29 is 23.4 Å². The minimum atomic E-state index is -0.641. The summed E-state index contributed by atoms with van der Waals surface area (Å²) in [5.41, 5.74) is 2.61. The standard InChI is InChI=1S/C21H17FN2O4/c1-13-9-24-18(10-23-13)20(25)26-11-15-7-17(22)8-16-12-27-21(28-19(15)16)14-5-3-2-4-6-14/h2-10,21H,11-12H2,1H3/t21-/m1/s1. The molecule has 0 spiro atoms. The van der Waals surface area contributed by atoms with Crippen LogP contribution in [0, 0.1) is 12.7 Å². The first kappa shape index (κ1) is 18.1. The van der Waals surface area contributed by atoms with E-state index in [-0.39, 0.29) is 18.9 Å². The highest BCUT2D eigenvalue weighted by Crippen LogP contribution is 2.36. The molecular formula is C21H17FN2O4. The molecule has 2 aromatic carbocycles. The third kappa shape index (κ3) is 3.84. The van der Waals surface area contributed by atoms with Crippen LogP contribution in [0.25, 0.3) is 0 Å². The van der Waals surface area contributed by atoms with Gasteiger partial charge in [-0.2, -0.15) is 0 Å². The Hall–Kier alpha value is -3.32. The lowest BCUT2D eigenvalue weighted by Crippen LogP contribution is -2.20. The van der Waals surface area contributed by atoms with Crippen LogP contribution >= 0.6 is 0 Å². The lowest BCUT2D eigenvalue weighted by molar-refractivity contribution is -0.112. The van der Waals surface area contributed by atoms with E-state index in [4.69, 9.17) is 14.2 Å². The van der Waals surface area contributed by atoms with Gasteiger partial charge in [-0.3, -0.25) is 4.98 Å². The summed E-state index contributed by atoms with van der Waals surface area (Å²) in [6.07, 6.45) is 2.21. The zero-order valence-corrected chi connectivity index (χ0v) is 15.1. The SMILES string of the molecule is Cc1cnc(C(=O)OCc2cc(F)cc3c2O[C@H](c2ccccc2)OC3)cn1. The molecule has 2 heterocycles. The molecule has 1 aliphatic rings. The van der Waals surface area contributed by atoms with Crippen LogP contribution in [-0.2, 0) is 22.7 Å². The van der Waals surface area contributed by atoms with Crippen molar-refractivity contribution in [2.75, 3.05) is 0 Å². The summed E-state index contributed by atoms with van der Waals surface area (Å²) in [6, 6.07) is 12.1. The highest BCUT2D eigenvalue weighted by molar-refractivity contribution is 5.86. The van der Waals surface area contributed by atoms with Gasteiger partial charge >= 0.3 is 5.97 Å². The predicted octanol–water partition coefficient (Wildman–Crippen LogP) is 3.89. The Balaban J connectivity index is 1.54. The van der Waals surface area contributed by atoms with Crippen molar-refractivity contribution in [3.05, 3.63) is 88.8 Å². The molecule has 0 amide bonds. The van der Waals surface area contributed by atoms with E-state index in [1.807, 2.05) is 30.3 Å². The molecule has 6 nitrogen and oxygen atoms in total. The van der Waals surface area contributed by atoms with Crippen molar-refractivity contribution >= 4 is 5.97 Å². The maximum absolute atomic E-state index is 14.0. The van der Waals surface area contributed by atoms with E-state index >= 15 is 0 Å². The van der Waals surface area contributed by atoms with E-state index < -0.39 is 18.1 Å². The third-order valence-corrected chi connectivity index (χ3v) is 4.24. The average molecular weight is 380 g/mol. The number of esters is 1. The Kier molecular flexibility index (Phi) is 4.99. The lowest BCUT2D eigenvalue weighted by atomic mass is 10.1. The minimum absolute atomic E-state index is 0.0854. The van der Waals surface area contributed by atoms with Gasteiger partial charge in [0.2, 0.25) is 6.29 Å². The number of hydrogen-bond donors (Lipinski definition) is 0. The molecule has 0 saturated heterocycles.